The van der Waals surface area contributed by atoms with E-state index in [1.807, 2.05) is 24.0 Å². The van der Waals surface area contributed by atoms with E-state index < -0.39 is 0 Å². The molecule has 1 aliphatic rings. The number of benzene rings is 1. The topological polar surface area (TPSA) is 20.3 Å². The lowest BCUT2D eigenvalue weighted by atomic mass is 9.97. The summed E-state index contributed by atoms with van der Waals surface area (Å²) in [6.45, 7) is 7.99. The number of amides is 1. The highest BCUT2D eigenvalue weighted by Crippen LogP contribution is 2.25. The van der Waals surface area contributed by atoms with Crippen molar-refractivity contribution in [2.24, 2.45) is 5.92 Å². The molecule has 0 aromatic heterocycles. The molecule has 18 heavy (non-hydrogen) atoms. The van der Waals surface area contributed by atoms with E-state index in [-0.39, 0.29) is 5.91 Å². The van der Waals surface area contributed by atoms with Crippen molar-refractivity contribution >= 4 is 21.8 Å². The van der Waals surface area contributed by atoms with Gasteiger partial charge in [0.1, 0.15) is 0 Å². The summed E-state index contributed by atoms with van der Waals surface area (Å²) >= 11 is 3.67. The van der Waals surface area contributed by atoms with E-state index in [2.05, 4.69) is 35.8 Å². The zero-order valence-electron chi connectivity index (χ0n) is 11.2. The van der Waals surface area contributed by atoms with Crippen LogP contribution in [-0.2, 0) is 0 Å². The predicted octanol–water partition coefficient (Wildman–Crippen LogP) is 3.55. The highest BCUT2D eigenvalue weighted by molar-refractivity contribution is 9.09. The normalized spacial score (nSPS) is 24.1. The van der Waals surface area contributed by atoms with Crippen LogP contribution in [0.15, 0.2) is 18.2 Å². The Labute approximate surface area is 117 Å². The van der Waals surface area contributed by atoms with E-state index in [1.54, 1.807) is 0 Å². The first-order valence-corrected chi connectivity index (χ1v) is 7.42. The third-order valence-corrected chi connectivity index (χ3v) is 5.28. The lowest BCUT2D eigenvalue weighted by molar-refractivity contribution is 0.0689. The van der Waals surface area contributed by atoms with Crippen molar-refractivity contribution in [1.82, 2.24) is 4.90 Å². The van der Waals surface area contributed by atoms with E-state index in [1.165, 1.54) is 5.56 Å². The van der Waals surface area contributed by atoms with Gasteiger partial charge in [-0.25, -0.2) is 0 Å². The van der Waals surface area contributed by atoms with Gasteiger partial charge in [-0.3, -0.25) is 4.79 Å². The molecule has 2 nitrogen and oxygen atoms in total. The second-order valence-corrected chi connectivity index (χ2v) is 6.46. The Bertz CT molecular complexity index is 458. The van der Waals surface area contributed by atoms with Crippen LogP contribution in [0.1, 0.15) is 34.8 Å². The number of carbonyl (C=O) groups is 1. The Morgan fingerprint density at radius 2 is 2.11 bits per heavy atom. The molecule has 1 aliphatic heterocycles. The molecule has 1 amide bonds. The molecule has 1 fully saturated rings. The molecule has 1 aromatic rings. The second-order valence-electron chi connectivity index (χ2n) is 5.28. The van der Waals surface area contributed by atoms with Gasteiger partial charge in [0.15, 0.2) is 0 Å². The number of rotatable bonds is 1. The molecule has 0 radical (unpaired) electrons. The lowest BCUT2D eigenvalue weighted by Crippen LogP contribution is -2.43. The van der Waals surface area contributed by atoms with Gasteiger partial charge in [-0.1, -0.05) is 35.0 Å². The average molecular weight is 310 g/mol. The van der Waals surface area contributed by atoms with Crippen LogP contribution in [0.2, 0.25) is 0 Å². The van der Waals surface area contributed by atoms with Crippen molar-refractivity contribution in [2.45, 2.75) is 32.0 Å². The number of piperidine rings is 1. The zero-order chi connectivity index (χ0) is 13.3. The highest BCUT2D eigenvalue weighted by Gasteiger charge is 2.28. The summed E-state index contributed by atoms with van der Waals surface area (Å²) in [5, 5.41) is 0. The fourth-order valence-corrected chi connectivity index (χ4v) is 2.83. The van der Waals surface area contributed by atoms with Gasteiger partial charge in [0.25, 0.3) is 5.91 Å². The van der Waals surface area contributed by atoms with Crippen LogP contribution in [0.4, 0.5) is 0 Å². The number of aryl methyl sites for hydroxylation is 1. The number of nitrogens with zero attached hydrogens (tertiary/aromatic N) is 1. The third-order valence-electron chi connectivity index (χ3n) is 3.92. The SMILES string of the molecule is Cc1cccc(C(=O)N2CCC(Br)C(C)C2)c1C. The first-order chi connectivity index (χ1) is 8.50. The number of halogens is 1. The summed E-state index contributed by atoms with van der Waals surface area (Å²) in [5.41, 5.74) is 3.15. The van der Waals surface area contributed by atoms with Crippen molar-refractivity contribution in [2.75, 3.05) is 13.1 Å². The summed E-state index contributed by atoms with van der Waals surface area (Å²) in [7, 11) is 0. The zero-order valence-corrected chi connectivity index (χ0v) is 12.8. The highest BCUT2D eigenvalue weighted by atomic mass is 79.9. The molecule has 2 unspecified atom stereocenters. The summed E-state index contributed by atoms with van der Waals surface area (Å²) in [6.07, 6.45) is 1.04. The van der Waals surface area contributed by atoms with Crippen LogP contribution in [0.5, 0.6) is 0 Å². The minimum atomic E-state index is 0.183. The second kappa shape index (κ2) is 5.43. The van der Waals surface area contributed by atoms with E-state index in [0.717, 1.165) is 30.6 Å². The summed E-state index contributed by atoms with van der Waals surface area (Å²) in [6, 6.07) is 5.96. The molecule has 2 atom stereocenters. The monoisotopic (exact) mass is 309 g/mol. The van der Waals surface area contributed by atoms with Gasteiger partial charge in [0.2, 0.25) is 0 Å². The molecule has 98 valence electrons. The maximum absolute atomic E-state index is 12.5. The first kappa shape index (κ1) is 13.6. The van der Waals surface area contributed by atoms with Crippen LogP contribution in [0.3, 0.4) is 0 Å². The molecule has 0 bridgehead atoms. The lowest BCUT2D eigenvalue weighted by Gasteiger charge is -2.34. The molecule has 1 aromatic carbocycles. The van der Waals surface area contributed by atoms with Gasteiger partial charge in [0.05, 0.1) is 0 Å². The standard InChI is InChI=1S/C15H20BrNO/c1-10-5-4-6-13(12(10)3)15(18)17-8-7-14(16)11(2)9-17/h4-6,11,14H,7-9H2,1-3H3. The summed E-state index contributed by atoms with van der Waals surface area (Å²) in [4.78, 5) is 15.1. The summed E-state index contributed by atoms with van der Waals surface area (Å²) in [5.74, 6) is 0.704. The number of carbonyl (C=O) groups excluding carboxylic acids is 1. The third kappa shape index (κ3) is 2.61. The number of alkyl halides is 1. The van der Waals surface area contributed by atoms with Crippen LogP contribution < -0.4 is 0 Å². The maximum atomic E-state index is 12.5. The van der Waals surface area contributed by atoms with E-state index >= 15 is 0 Å². The fourth-order valence-electron chi connectivity index (χ4n) is 2.45. The molecule has 1 saturated heterocycles. The Morgan fingerprint density at radius 1 is 1.39 bits per heavy atom. The van der Waals surface area contributed by atoms with Gasteiger partial charge in [0, 0.05) is 23.5 Å². The molecule has 3 heteroatoms. The molecule has 0 N–H and O–H groups in total. The van der Waals surface area contributed by atoms with E-state index in [4.69, 9.17) is 0 Å². The van der Waals surface area contributed by atoms with Crippen LogP contribution in [0.25, 0.3) is 0 Å². The van der Waals surface area contributed by atoms with Crippen LogP contribution in [0, 0.1) is 19.8 Å². The van der Waals surface area contributed by atoms with Gasteiger partial charge in [-0.05, 0) is 43.4 Å². The Kier molecular flexibility index (Phi) is 4.10. The molecule has 2 rings (SSSR count). The molecule has 0 saturated carbocycles. The Hall–Kier alpha value is -0.830. The molecule has 0 aliphatic carbocycles. The summed E-state index contributed by atoms with van der Waals surface area (Å²) < 4.78 is 0. The number of hydrogen-bond donors (Lipinski definition) is 0. The van der Waals surface area contributed by atoms with Gasteiger partial charge in [-0.2, -0.15) is 0 Å². The van der Waals surface area contributed by atoms with E-state index in [9.17, 15) is 4.79 Å². The van der Waals surface area contributed by atoms with Crippen molar-refractivity contribution in [3.05, 3.63) is 34.9 Å². The fraction of sp³-hybridized carbons (Fsp3) is 0.533. The van der Waals surface area contributed by atoms with Crippen molar-refractivity contribution in [1.29, 1.82) is 0 Å². The van der Waals surface area contributed by atoms with Gasteiger partial charge < -0.3 is 4.90 Å². The quantitative estimate of drug-likeness (QED) is 0.727. The average Bonchev–Trinajstić information content (AvgIpc) is 2.35. The van der Waals surface area contributed by atoms with Gasteiger partial charge in [-0.15, -0.1) is 0 Å². The predicted molar refractivity (Wildman–Crippen MR) is 78.3 cm³/mol. The van der Waals surface area contributed by atoms with Gasteiger partial charge >= 0.3 is 0 Å². The van der Waals surface area contributed by atoms with Crippen molar-refractivity contribution in [3.8, 4) is 0 Å². The molecular weight excluding hydrogens is 290 g/mol. The Morgan fingerprint density at radius 3 is 2.78 bits per heavy atom. The Balaban J connectivity index is 2.19. The smallest absolute Gasteiger partial charge is 0.254 e. The molecular formula is C15H20BrNO. The maximum Gasteiger partial charge on any atom is 0.254 e. The molecule has 1 heterocycles. The van der Waals surface area contributed by atoms with Crippen LogP contribution >= 0.6 is 15.9 Å². The molecule has 0 spiro atoms. The first-order valence-electron chi connectivity index (χ1n) is 6.50. The van der Waals surface area contributed by atoms with Crippen molar-refractivity contribution < 1.29 is 4.79 Å². The largest absolute Gasteiger partial charge is 0.338 e. The van der Waals surface area contributed by atoms with Crippen molar-refractivity contribution in [3.63, 3.8) is 0 Å². The minimum Gasteiger partial charge on any atom is -0.338 e. The number of likely N-dealkylation sites (tertiary alicyclic amines) is 1. The minimum absolute atomic E-state index is 0.183. The van der Waals surface area contributed by atoms with E-state index in [0.29, 0.717) is 10.7 Å². The number of hydrogen-bond acceptors (Lipinski definition) is 1. The van der Waals surface area contributed by atoms with Crippen LogP contribution in [-0.4, -0.2) is 28.7 Å².